The third-order valence-electron chi connectivity index (χ3n) is 7.48. The van der Waals surface area contributed by atoms with Gasteiger partial charge in [0.05, 0.1) is 23.4 Å². The molecule has 6 aromatic rings. The number of alkyl halides is 3. The zero-order chi connectivity index (χ0) is 30.7. The number of nitrogens with zero attached hydrogens (tertiary/aromatic N) is 3. The summed E-state index contributed by atoms with van der Waals surface area (Å²) in [6, 6.07) is 38.6. The molecular formula is C35H27ClF3N4OP. The highest BCUT2D eigenvalue weighted by Gasteiger charge is 2.46. The van der Waals surface area contributed by atoms with E-state index in [1.807, 2.05) is 54.6 Å². The summed E-state index contributed by atoms with van der Waals surface area (Å²) in [6.45, 7) is 1.73. The van der Waals surface area contributed by atoms with E-state index in [1.165, 1.54) is 28.0 Å². The van der Waals surface area contributed by atoms with Gasteiger partial charge in [-0.05, 0) is 67.6 Å². The van der Waals surface area contributed by atoms with Crippen LogP contribution in [0.1, 0.15) is 24.0 Å². The van der Waals surface area contributed by atoms with Crippen molar-refractivity contribution in [2.24, 2.45) is 0 Å². The van der Waals surface area contributed by atoms with Crippen molar-refractivity contribution < 1.29 is 30.3 Å². The summed E-state index contributed by atoms with van der Waals surface area (Å²) < 4.78 is 46.9. The molecule has 4 aromatic carbocycles. The van der Waals surface area contributed by atoms with Crippen molar-refractivity contribution in [2.75, 3.05) is 6.61 Å². The van der Waals surface area contributed by atoms with E-state index in [2.05, 4.69) is 52.4 Å². The normalized spacial score (nSPS) is 11.5. The Bertz CT molecular complexity index is 1860. The van der Waals surface area contributed by atoms with E-state index < -0.39 is 19.0 Å². The molecule has 0 spiro atoms. The van der Waals surface area contributed by atoms with Gasteiger partial charge in [0.25, 0.3) is 0 Å². The Hall–Kier alpha value is -4.70. The number of H-pyrrole nitrogens is 1. The number of hydrogen-bond donors (Lipinski definition) is 1. The molecule has 0 bridgehead atoms. The predicted molar refractivity (Wildman–Crippen MR) is 169 cm³/mol. The maximum atomic E-state index is 13.9. The molecule has 0 saturated carbocycles. The van der Waals surface area contributed by atoms with E-state index in [-0.39, 0.29) is 41.7 Å². The SMILES string of the molecule is CCOc1ccc(-c2cc3[nH]c(C[P+](c4ccccc4)(c4ccccc4)c4ccccc4)nc3c(C#N)n2)cc1C(F)(F)F.[Cl-]. The molecule has 2 aromatic heterocycles. The first kappa shape index (κ1) is 31.7. The first-order valence-corrected chi connectivity index (χ1v) is 16.0. The Morgan fingerprint density at radius 2 is 1.36 bits per heavy atom. The largest absolute Gasteiger partial charge is 1.00 e. The quantitative estimate of drug-likeness (QED) is 0.250. The van der Waals surface area contributed by atoms with E-state index >= 15 is 0 Å². The molecule has 0 saturated heterocycles. The molecule has 10 heteroatoms. The second-order valence-electron chi connectivity index (χ2n) is 10.2. The van der Waals surface area contributed by atoms with Crippen LogP contribution in [0.5, 0.6) is 5.75 Å². The van der Waals surface area contributed by atoms with Gasteiger partial charge in [0.2, 0.25) is 0 Å². The number of imidazole rings is 1. The molecule has 6 rings (SSSR count). The summed E-state index contributed by atoms with van der Waals surface area (Å²) in [5.41, 5.74) is 0.482. The predicted octanol–water partition coefficient (Wildman–Crippen LogP) is 4.41. The Kier molecular flexibility index (Phi) is 9.24. The van der Waals surface area contributed by atoms with E-state index in [1.54, 1.807) is 13.0 Å². The number of rotatable bonds is 8. The van der Waals surface area contributed by atoms with Gasteiger partial charge in [-0.15, -0.1) is 0 Å². The Balaban J connectivity index is 0.00000400. The molecule has 0 aliphatic rings. The molecule has 0 radical (unpaired) electrons. The van der Waals surface area contributed by atoms with Crippen LogP contribution in [0.4, 0.5) is 13.2 Å². The van der Waals surface area contributed by atoms with Gasteiger partial charge in [-0.1, -0.05) is 54.6 Å². The van der Waals surface area contributed by atoms with Crippen LogP contribution in [0.3, 0.4) is 0 Å². The summed E-state index contributed by atoms with van der Waals surface area (Å²) in [6.07, 6.45) is -4.09. The Morgan fingerprint density at radius 3 is 1.84 bits per heavy atom. The Labute approximate surface area is 265 Å². The Morgan fingerprint density at radius 1 is 0.800 bits per heavy atom. The molecule has 0 aliphatic carbocycles. The molecule has 0 fully saturated rings. The number of ether oxygens (including phenoxy) is 1. The third-order valence-corrected chi connectivity index (χ3v) is 11.8. The summed E-state index contributed by atoms with van der Waals surface area (Å²) in [7, 11) is -2.30. The van der Waals surface area contributed by atoms with Crippen molar-refractivity contribution in [1.82, 2.24) is 15.0 Å². The lowest BCUT2D eigenvalue weighted by Gasteiger charge is -2.26. The molecule has 226 valence electrons. The average Bonchev–Trinajstić information content (AvgIpc) is 3.47. The van der Waals surface area contributed by atoms with Gasteiger partial charge in [0, 0.05) is 5.56 Å². The van der Waals surface area contributed by atoms with E-state index in [0.29, 0.717) is 23.0 Å². The van der Waals surface area contributed by atoms with Crippen LogP contribution in [-0.4, -0.2) is 21.6 Å². The molecule has 5 nitrogen and oxygen atoms in total. The van der Waals surface area contributed by atoms with Crippen molar-refractivity contribution in [3.63, 3.8) is 0 Å². The highest BCUT2D eigenvalue weighted by Crippen LogP contribution is 2.57. The van der Waals surface area contributed by atoms with Crippen molar-refractivity contribution in [3.05, 3.63) is 132 Å². The summed E-state index contributed by atoms with van der Waals surface area (Å²) >= 11 is 0. The molecule has 1 N–H and O–H groups in total. The number of pyridine rings is 1. The van der Waals surface area contributed by atoms with Crippen molar-refractivity contribution in [1.29, 1.82) is 5.26 Å². The molecule has 45 heavy (non-hydrogen) atoms. The van der Waals surface area contributed by atoms with Crippen LogP contribution in [0, 0.1) is 11.3 Å². The molecule has 0 unspecified atom stereocenters. The van der Waals surface area contributed by atoms with Crippen LogP contribution in [0.2, 0.25) is 0 Å². The van der Waals surface area contributed by atoms with E-state index in [9.17, 15) is 18.4 Å². The second kappa shape index (κ2) is 13.1. The van der Waals surface area contributed by atoms with Crippen molar-refractivity contribution in [3.8, 4) is 23.1 Å². The number of aromatic nitrogens is 3. The highest BCUT2D eigenvalue weighted by atomic mass is 35.5. The van der Waals surface area contributed by atoms with Crippen molar-refractivity contribution in [2.45, 2.75) is 19.3 Å². The number of halogens is 4. The lowest BCUT2D eigenvalue weighted by molar-refractivity contribution is -0.138. The molecule has 0 amide bonds. The lowest BCUT2D eigenvalue weighted by atomic mass is 10.1. The van der Waals surface area contributed by atoms with Gasteiger partial charge in [-0.3, -0.25) is 0 Å². The molecular weight excluding hydrogens is 616 g/mol. The van der Waals surface area contributed by atoms with E-state index in [0.717, 1.165) is 6.07 Å². The van der Waals surface area contributed by atoms with E-state index in [4.69, 9.17) is 9.72 Å². The van der Waals surface area contributed by atoms with Gasteiger partial charge in [0.1, 0.15) is 52.5 Å². The summed E-state index contributed by atoms with van der Waals surface area (Å²) in [5, 5.41) is 13.5. The number of nitrogens with one attached hydrogen (secondary N) is 1. The average molecular weight is 643 g/mol. The van der Waals surface area contributed by atoms with Gasteiger partial charge >= 0.3 is 6.18 Å². The number of aromatic amines is 1. The van der Waals surface area contributed by atoms with Crippen LogP contribution in [-0.2, 0) is 12.3 Å². The topological polar surface area (TPSA) is 74.6 Å². The van der Waals surface area contributed by atoms with Gasteiger partial charge in [-0.2, -0.15) is 18.4 Å². The number of benzene rings is 4. The summed E-state index contributed by atoms with van der Waals surface area (Å²) in [5.74, 6) is 0.403. The minimum Gasteiger partial charge on any atom is -1.00 e. The van der Waals surface area contributed by atoms with Crippen LogP contribution in [0.25, 0.3) is 22.3 Å². The minimum atomic E-state index is -4.62. The number of fused-ring (bicyclic) bond motifs is 1. The summed E-state index contributed by atoms with van der Waals surface area (Å²) in [4.78, 5) is 12.7. The van der Waals surface area contributed by atoms with Crippen molar-refractivity contribution >= 4 is 34.2 Å². The van der Waals surface area contributed by atoms with Gasteiger partial charge in [0.15, 0.2) is 5.69 Å². The molecule has 0 atom stereocenters. The zero-order valence-electron chi connectivity index (χ0n) is 24.1. The lowest BCUT2D eigenvalue weighted by Crippen LogP contribution is -3.00. The third kappa shape index (κ3) is 6.15. The van der Waals surface area contributed by atoms with Crippen LogP contribution in [0.15, 0.2) is 115 Å². The maximum absolute atomic E-state index is 13.9. The molecule has 2 heterocycles. The first-order valence-electron chi connectivity index (χ1n) is 14.0. The zero-order valence-corrected chi connectivity index (χ0v) is 25.7. The number of hydrogen-bond acceptors (Lipinski definition) is 4. The second-order valence-corrected chi connectivity index (χ2v) is 13.6. The first-order chi connectivity index (χ1) is 21.3. The van der Waals surface area contributed by atoms with Crippen LogP contribution >= 0.6 is 7.26 Å². The van der Waals surface area contributed by atoms with Gasteiger partial charge < -0.3 is 22.1 Å². The fourth-order valence-electron chi connectivity index (χ4n) is 5.55. The minimum absolute atomic E-state index is 0. The number of nitriles is 1. The fourth-order valence-corrected chi connectivity index (χ4v) is 9.64. The molecule has 0 aliphatic heterocycles. The standard InChI is InChI=1S/C35H27F3N4OP.ClH/c1-2-43-32-19-18-24(20-28(32)35(36,37)38)29-21-30-34(31(22-39)40-29)42-33(41-30)23-44(25-12-6-3-7-13-25,26-14-8-4-9-15-26)27-16-10-5-11-17-27;/h3-21H,2,23H2,1H3,(H,41,42);1H/q+1;/p-1. The smallest absolute Gasteiger partial charge is 0.419 e. The van der Waals surface area contributed by atoms with Crippen LogP contribution < -0.4 is 33.1 Å². The maximum Gasteiger partial charge on any atom is 0.419 e. The highest BCUT2D eigenvalue weighted by molar-refractivity contribution is 7.95. The van der Waals surface area contributed by atoms with Gasteiger partial charge in [-0.25, -0.2) is 9.97 Å². The fraction of sp³-hybridized carbons (Fsp3) is 0.114. The monoisotopic (exact) mass is 642 g/mol.